The number of rotatable bonds is 7. The molecular weight excluding hydrogens is 262 g/mol. The Morgan fingerprint density at radius 1 is 1.35 bits per heavy atom. The molecule has 114 valence electrons. The summed E-state index contributed by atoms with van der Waals surface area (Å²) in [5.74, 6) is 0. The number of allylic oxidation sites excluding steroid dienone is 1. The van der Waals surface area contributed by atoms with Gasteiger partial charge in [-0.1, -0.05) is 17.7 Å². The van der Waals surface area contributed by atoms with Crippen molar-refractivity contribution in [1.82, 2.24) is 5.06 Å². The molecule has 0 bridgehead atoms. The summed E-state index contributed by atoms with van der Waals surface area (Å²) < 4.78 is 15.4. The second-order valence-corrected chi connectivity index (χ2v) is 4.38. The highest BCUT2D eigenvalue weighted by molar-refractivity contribution is 5.66. The van der Waals surface area contributed by atoms with Crippen molar-refractivity contribution in [1.29, 1.82) is 0 Å². The minimum atomic E-state index is -0.494. The maximum atomic E-state index is 11.7. The maximum absolute atomic E-state index is 11.7. The first-order valence-electron chi connectivity index (χ1n) is 6.74. The number of nitrogens with zero attached hydrogens (tertiary/aromatic N) is 1. The Morgan fingerprint density at radius 3 is 2.65 bits per heavy atom. The van der Waals surface area contributed by atoms with Crippen molar-refractivity contribution in [3.8, 4) is 0 Å². The van der Waals surface area contributed by atoms with Crippen LogP contribution in [0.2, 0.25) is 0 Å². The van der Waals surface area contributed by atoms with Crippen LogP contribution in [-0.4, -0.2) is 50.4 Å². The molecule has 1 fully saturated rings. The maximum Gasteiger partial charge on any atom is 0.434 e. The highest BCUT2D eigenvalue weighted by Gasteiger charge is 2.14. The van der Waals surface area contributed by atoms with Crippen LogP contribution in [0.1, 0.15) is 20.8 Å². The normalized spacial score (nSPS) is 15.6. The Bertz CT molecular complexity index is 343. The average molecular weight is 285 g/mol. The minimum Gasteiger partial charge on any atom is -0.448 e. The predicted octanol–water partition coefficient (Wildman–Crippen LogP) is 2.27. The molecule has 0 spiro atoms. The van der Waals surface area contributed by atoms with Crippen LogP contribution in [0, 0.1) is 0 Å². The Kier molecular flexibility index (Phi) is 7.94. The monoisotopic (exact) mass is 285 g/mol. The van der Waals surface area contributed by atoms with E-state index in [0.29, 0.717) is 26.4 Å². The van der Waals surface area contributed by atoms with E-state index in [1.807, 2.05) is 19.9 Å². The van der Waals surface area contributed by atoms with Crippen molar-refractivity contribution in [2.75, 3.05) is 33.0 Å². The highest BCUT2D eigenvalue weighted by atomic mass is 16.7. The summed E-state index contributed by atoms with van der Waals surface area (Å²) in [6.45, 7) is 7.79. The molecule has 0 aromatic rings. The van der Waals surface area contributed by atoms with Gasteiger partial charge >= 0.3 is 6.09 Å². The zero-order valence-corrected chi connectivity index (χ0v) is 12.3. The van der Waals surface area contributed by atoms with Gasteiger partial charge in [0.2, 0.25) is 0 Å². The van der Waals surface area contributed by atoms with Crippen LogP contribution in [-0.2, 0) is 19.0 Å². The summed E-state index contributed by atoms with van der Waals surface area (Å²) in [5, 5.41) is 1.19. The molecule has 1 amide bonds. The molecule has 0 atom stereocenters. The number of ether oxygens (including phenoxy) is 3. The van der Waals surface area contributed by atoms with Gasteiger partial charge in [0.25, 0.3) is 0 Å². The van der Waals surface area contributed by atoms with Crippen molar-refractivity contribution >= 4 is 6.09 Å². The molecule has 1 aliphatic rings. The van der Waals surface area contributed by atoms with Crippen molar-refractivity contribution in [3.05, 3.63) is 23.8 Å². The standard InChI is InChI=1S/C14H23NO5/c1-4-17-14(16)15(8-7-12(2)3)20-9-5-6-13-18-10-11-19-13/h5-7,13H,4,8-11H2,1-3H3/b6-5+. The van der Waals surface area contributed by atoms with Crippen LogP contribution >= 0.6 is 0 Å². The number of hydrogen-bond donors (Lipinski definition) is 0. The van der Waals surface area contributed by atoms with E-state index >= 15 is 0 Å². The SMILES string of the molecule is CCOC(=O)N(CC=C(C)C)OC/C=C/C1OCCO1. The topological polar surface area (TPSA) is 57.2 Å². The van der Waals surface area contributed by atoms with Gasteiger partial charge in [0.05, 0.1) is 33.0 Å². The first-order chi connectivity index (χ1) is 9.63. The fourth-order valence-electron chi connectivity index (χ4n) is 1.43. The molecule has 0 saturated carbocycles. The molecule has 6 nitrogen and oxygen atoms in total. The lowest BCUT2D eigenvalue weighted by molar-refractivity contribution is -0.118. The molecule has 1 aliphatic heterocycles. The lowest BCUT2D eigenvalue weighted by atomic mass is 10.3. The van der Waals surface area contributed by atoms with Crippen LogP contribution in [0.5, 0.6) is 0 Å². The van der Waals surface area contributed by atoms with Gasteiger partial charge in [0.1, 0.15) is 0 Å². The zero-order valence-electron chi connectivity index (χ0n) is 12.3. The first-order valence-corrected chi connectivity index (χ1v) is 6.74. The number of hydrogen-bond acceptors (Lipinski definition) is 5. The quantitative estimate of drug-likeness (QED) is 0.530. The van der Waals surface area contributed by atoms with Crippen LogP contribution in [0.25, 0.3) is 0 Å². The molecule has 1 saturated heterocycles. The van der Waals surface area contributed by atoms with E-state index in [2.05, 4.69) is 0 Å². The molecule has 6 heteroatoms. The van der Waals surface area contributed by atoms with Crippen molar-refractivity contribution in [2.24, 2.45) is 0 Å². The molecule has 0 aromatic heterocycles. The molecule has 20 heavy (non-hydrogen) atoms. The van der Waals surface area contributed by atoms with E-state index in [0.717, 1.165) is 5.57 Å². The summed E-state index contributed by atoms with van der Waals surface area (Å²) in [6, 6.07) is 0. The smallest absolute Gasteiger partial charge is 0.434 e. The number of carbonyl (C=O) groups is 1. The molecule has 1 rings (SSSR count). The van der Waals surface area contributed by atoms with E-state index in [-0.39, 0.29) is 12.9 Å². The van der Waals surface area contributed by atoms with Crippen LogP contribution < -0.4 is 0 Å². The number of carbonyl (C=O) groups excluding carboxylic acids is 1. The van der Waals surface area contributed by atoms with Crippen LogP contribution in [0.4, 0.5) is 4.79 Å². The largest absolute Gasteiger partial charge is 0.448 e. The Hall–Kier alpha value is -1.37. The highest BCUT2D eigenvalue weighted by Crippen LogP contribution is 2.05. The number of hydroxylamine groups is 2. The van der Waals surface area contributed by atoms with E-state index in [4.69, 9.17) is 19.0 Å². The van der Waals surface area contributed by atoms with E-state index in [1.54, 1.807) is 19.1 Å². The van der Waals surface area contributed by atoms with E-state index < -0.39 is 6.09 Å². The average Bonchev–Trinajstić information content (AvgIpc) is 2.90. The number of amides is 1. The third kappa shape index (κ3) is 6.70. The summed E-state index contributed by atoms with van der Waals surface area (Å²) in [4.78, 5) is 17.1. The fourth-order valence-corrected chi connectivity index (χ4v) is 1.43. The summed E-state index contributed by atoms with van der Waals surface area (Å²) >= 11 is 0. The molecule has 0 radical (unpaired) electrons. The Balaban J connectivity index is 2.38. The zero-order chi connectivity index (χ0) is 14.8. The van der Waals surface area contributed by atoms with Gasteiger partial charge in [0, 0.05) is 0 Å². The second kappa shape index (κ2) is 9.52. The molecule has 0 aliphatic carbocycles. The molecule has 0 aromatic carbocycles. The summed E-state index contributed by atoms with van der Waals surface area (Å²) in [6.07, 6.45) is 4.60. The van der Waals surface area contributed by atoms with E-state index in [1.165, 1.54) is 5.06 Å². The van der Waals surface area contributed by atoms with Gasteiger partial charge in [-0.05, 0) is 26.8 Å². The van der Waals surface area contributed by atoms with Crippen LogP contribution in [0.3, 0.4) is 0 Å². The lowest BCUT2D eigenvalue weighted by Crippen LogP contribution is -2.32. The second-order valence-electron chi connectivity index (χ2n) is 4.38. The Labute approximate surface area is 119 Å². The molecule has 1 heterocycles. The Morgan fingerprint density at radius 2 is 2.05 bits per heavy atom. The van der Waals surface area contributed by atoms with Crippen molar-refractivity contribution < 1.29 is 23.8 Å². The van der Waals surface area contributed by atoms with E-state index in [9.17, 15) is 4.79 Å². The van der Waals surface area contributed by atoms with Gasteiger partial charge in [-0.3, -0.25) is 4.84 Å². The van der Waals surface area contributed by atoms with Crippen molar-refractivity contribution in [3.63, 3.8) is 0 Å². The van der Waals surface area contributed by atoms with Gasteiger partial charge in [-0.2, -0.15) is 5.06 Å². The lowest BCUT2D eigenvalue weighted by Gasteiger charge is -2.19. The molecule has 0 N–H and O–H groups in total. The van der Waals surface area contributed by atoms with Gasteiger partial charge in [0.15, 0.2) is 6.29 Å². The van der Waals surface area contributed by atoms with Crippen LogP contribution in [0.15, 0.2) is 23.8 Å². The third-order valence-electron chi connectivity index (χ3n) is 2.40. The molecular formula is C14H23NO5. The summed E-state index contributed by atoms with van der Waals surface area (Å²) in [7, 11) is 0. The summed E-state index contributed by atoms with van der Waals surface area (Å²) in [5.41, 5.74) is 1.10. The van der Waals surface area contributed by atoms with Gasteiger partial charge in [-0.15, -0.1) is 0 Å². The first kappa shape index (κ1) is 16.7. The van der Waals surface area contributed by atoms with Gasteiger partial charge in [-0.25, -0.2) is 4.79 Å². The predicted molar refractivity (Wildman–Crippen MR) is 73.9 cm³/mol. The molecule has 0 unspecified atom stereocenters. The fraction of sp³-hybridized carbons (Fsp3) is 0.643. The van der Waals surface area contributed by atoms with Crippen molar-refractivity contribution in [2.45, 2.75) is 27.1 Å². The third-order valence-corrected chi connectivity index (χ3v) is 2.40. The minimum absolute atomic E-state index is 0.249. The van der Waals surface area contributed by atoms with Gasteiger partial charge < -0.3 is 14.2 Å².